The number of hydrogen-bond acceptors (Lipinski definition) is 3. The van der Waals surface area contributed by atoms with E-state index in [4.69, 9.17) is 23.2 Å². The number of rotatable bonds is 5. The fraction of sp³-hybridized carbons (Fsp3) is 0.235. The summed E-state index contributed by atoms with van der Waals surface area (Å²) in [5.41, 5.74) is 2.73. The van der Waals surface area contributed by atoms with Crippen LogP contribution in [-0.4, -0.2) is 25.5 Å². The van der Waals surface area contributed by atoms with Crippen molar-refractivity contribution in [3.8, 4) is 0 Å². The molecule has 2 aromatic heterocycles. The Hall–Kier alpha value is -2.31. The predicted octanol–water partition coefficient (Wildman–Crippen LogP) is 3.69. The number of amides is 1. The molecule has 2 heterocycles. The zero-order valence-corrected chi connectivity index (χ0v) is 15.3. The maximum atomic E-state index is 12.2. The van der Waals surface area contributed by atoms with Gasteiger partial charge in [-0.25, -0.2) is 0 Å². The first-order valence-electron chi connectivity index (χ1n) is 7.69. The van der Waals surface area contributed by atoms with Gasteiger partial charge in [-0.15, -0.1) is 0 Å². The van der Waals surface area contributed by atoms with Crippen molar-refractivity contribution >= 4 is 34.9 Å². The van der Waals surface area contributed by atoms with Gasteiger partial charge >= 0.3 is 0 Å². The third-order valence-electron chi connectivity index (χ3n) is 3.81. The van der Waals surface area contributed by atoms with Crippen LogP contribution in [0.15, 0.2) is 36.5 Å². The summed E-state index contributed by atoms with van der Waals surface area (Å²) in [4.78, 5) is 12.2. The summed E-state index contributed by atoms with van der Waals surface area (Å²) in [6.45, 7) is 4.41. The Morgan fingerprint density at radius 2 is 2.00 bits per heavy atom. The van der Waals surface area contributed by atoms with Crippen LogP contribution in [0, 0.1) is 13.8 Å². The van der Waals surface area contributed by atoms with E-state index in [1.807, 2.05) is 48.9 Å². The molecule has 0 aliphatic rings. The summed E-state index contributed by atoms with van der Waals surface area (Å²) >= 11 is 12.0. The van der Waals surface area contributed by atoms with Crippen molar-refractivity contribution in [2.45, 2.75) is 26.9 Å². The first-order valence-corrected chi connectivity index (χ1v) is 8.44. The maximum Gasteiger partial charge on any atom is 0.247 e. The van der Waals surface area contributed by atoms with Gasteiger partial charge in [-0.3, -0.25) is 14.2 Å². The van der Waals surface area contributed by atoms with E-state index < -0.39 is 0 Å². The number of halogens is 2. The van der Waals surface area contributed by atoms with Gasteiger partial charge in [-0.1, -0.05) is 35.3 Å². The fourth-order valence-corrected chi connectivity index (χ4v) is 2.80. The lowest BCUT2D eigenvalue weighted by Crippen LogP contribution is -2.20. The van der Waals surface area contributed by atoms with Crippen LogP contribution in [0.25, 0.3) is 0 Å². The smallest absolute Gasteiger partial charge is 0.247 e. The van der Waals surface area contributed by atoms with E-state index in [9.17, 15) is 4.79 Å². The van der Waals surface area contributed by atoms with Crippen LogP contribution >= 0.6 is 23.2 Å². The largest absolute Gasteiger partial charge is 0.308 e. The Morgan fingerprint density at radius 1 is 1.20 bits per heavy atom. The van der Waals surface area contributed by atoms with E-state index in [0.717, 1.165) is 17.0 Å². The van der Waals surface area contributed by atoms with Gasteiger partial charge in [0, 0.05) is 16.8 Å². The average Bonchev–Trinajstić information content (AvgIpc) is 3.04. The van der Waals surface area contributed by atoms with Gasteiger partial charge in [-0.05, 0) is 31.5 Å². The fourth-order valence-electron chi connectivity index (χ4n) is 2.44. The normalized spacial score (nSPS) is 10.9. The first-order chi connectivity index (χ1) is 11.9. The average molecular weight is 378 g/mol. The quantitative estimate of drug-likeness (QED) is 0.737. The topological polar surface area (TPSA) is 64.7 Å². The number of carbonyl (C=O) groups is 1. The van der Waals surface area contributed by atoms with Crippen molar-refractivity contribution in [2.24, 2.45) is 0 Å². The van der Waals surface area contributed by atoms with Gasteiger partial charge in [0.05, 0.1) is 23.5 Å². The van der Waals surface area contributed by atoms with E-state index in [0.29, 0.717) is 22.4 Å². The van der Waals surface area contributed by atoms with Crippen LogP contribution < -0.4 is 5.32 Å². The number of nitrogens with one attached hydrogen (secondary N) is 1. The molecule has 0 bridgehead atoms. The minimum absolute atomic E-state index is 0.0821. The SMILES string of the molecule is Cc1cc(NC(=O)Cn2ncc(Cl)c2C)nn1Cc1cccc(Cl)c1. The molecule has 8 heteroatoms. The summed E-state index contributed by atoms with van der Waals surface area (Å²) in [7, 11) is 0. The highest BCUT2D eigenvalue weighted by molar-refractivity contribution is 6.31. The lowest BCUT2D eigenvalue weighted by Gasteiger charge is -2.06. The van der Waals surface area contributed by atoms with Crippen molar-refractivity contribution < 1.29 is 4.79 Å². The second-order valence-electron chi connectivity index (χ2n) is 5.74. The van der Waals surface area contributed by atoms with Crippen LogP contribution in [-0.2, 0) is 17.9 Å². The highest BCUT2D eigenvalue weighted by atomic mass is 35.5. The molecule has 3 aromatic rings. The highest BCUT2D eigenvalue weighted by Gasteiger charge is 2.12. The molecule has 1 aromatic carbocycles. The van der Waals surface area contributed by atoms with E-state index >= 15 is 0 Å². The van der Waals surface area contributed by atoms with Gasteiger partial charge in [-0.2, -0.15) is 10.2 Å². The van der Waals surface area contributed by atoms with Crippen molar-refractivity contribution in [3.63, 3.8) is 0 Å². The zero-order chi connectivity index (χ0) is 18.0. The van der Waals surface area contributed by atoms with Crippen LogP contribution in [0.4, 0.5) is 5.82 Å². The number of aromatic nitrogens is 4. The van der Waals surface area contributed by atoms with Crippen molar-refractivity contribution in [1.29, 1.82) is 0 Å². The number of hydrogen-bond donors (Lipinski definition) is 1. The van der Waals surface area contributed by atoms with Crippen LogP contribution in [0.1, 0.15) is 17.0 Å². The molecule has 130 valence electrons. The minimum atomic E-state index is -0.213. The zero-order valence-electron chi connectivity index (χ0n) is 13.8. The molecular weight excluding hydrogens is 361 g/mol. The summed E-state index contributed by atoms with van der Waals surface area (Å²) in [6.07, 6.45) is 1.52. The Bertz CT molecular complexity index is 916. The first kappa shape index (κ1) is 17.5. The predicted molar refractivity (Wildman–Crippen MR) is 98.1 cm³/mol. The maximum absolute atomic E-state index is 12.2. The number of nitrogens with zero attached hydrogens (tertiary/aromatic N) is 4. The summed E-state index contributed by atoms with van der Waals surface area (Å²) < 4.78 is 3.37. The third kappa shape index (κ3) is 4.21. The van der Waals surface area contributed by atoms with Gasteiger partial charge in [0.1, 0.15) is 6.54 Å². The van der Waals surface area contributed by atoms with Gasteiger partial charge in [0.25, 0.3) is 0 Å². The van der Waals surface area contributed by atoms with Crippen molar-refractivity contribution in [2.75, 3.05) is 5.32 Å². The van der Waals surface area contributed by atoms with Gasteiger partial charge in [0.2, 0.25) is 5.91 Å². The standard InChI is InChI=1S/C17H17Cl2N5O/c1-11-6-16(21-17(25)10-24-12(2)15(19)8-20-24)22-23(11)9-13-4-3-5-14(18)7-13/h3-8H,9-10H2,1-2H3,(H,21,22,25). The monoisotopic (exact) mass is 377 g/mol. The minimum Gasteiger partial charge on any atom is -0.308 e. The van der Waals surface area contributed by atoms with Crippen LogP contribution in [0.2, 0.25) is 10.0 Å². The molecule has 0 aliphatic heterocycles. The molecular formula is C17H17Cl2N5O. The molecule has 0 aliphatic carbocycles. The Morgan fingerprint density at radius 3 is 2.68 bits per heavy atom. The Kier molecular flexibility index (Phi) is 5.11. The third-order valence-corrected chi connectivity index (χ3v) is 4.41. The van der Waals surface area contributed by atoms with E-state index in [1.54, 1.807) is 4.68 Å². The molecule has 1 N–H and O–H groups in total. The molecule has 0 atom stereocenters. The number of carbonyl (C=O) groups excluding carboxylic acids is 1. The van der Waals surface area contributed by atoms with Crippen molar-refractivity contribution in [1.82, 2.24) is 19.6 Å². The van der Waals surface area contributed by atoms with Crippen LogP contribution in [0.5, 0.6) is 0 Å². The molecule has 0 fully saturated rings. The lowest BCUT2D eigenvalue weighted by molar-refractivity contribution is -0.117. The van der Waals surface area contributed by atoms with Gasteiger partial charge < -0.3 is 5.32 Å². The number of benzene rings is 1. The second-order valence-corrected chi connectivity index (χ2v) is 6.59. The molecule has 0 saturated carbocycles. The summed E-state index contributed by atoms with van der Waals surface area (Å²) in [5.74, 6) is 0.288. The lowest BCUT2D eigenvalue weighted by atomic mass is 10.2. The molecule has 25 heavy (non-hydrogen) atoms. The molecule has 0 saturated heterocycles. The number of aryl methyl sites for hydroxylation is 1. The molecule has 6 nitrogen and oxygen atoms in total. The molecule has 0 spiro atoms. The molecule has 0 radical (unpaired) electrons. The summed E-state index contributed by atoms with van der Waals surface area (Å²) in [5, 5.41) is 12.5. The van der Waals surface area contributed by atoms with Gasteiger partial charge in [0.15, 0.2) is 5.82 Å². The van der Waals surface area contributed by atoms with E-state index in [-0.39, 0.29) is 12.5 Å². The molecule has 1 amide bonds. The Labute approximate surface area is 155 Å². The number of anilines is 1. The van der Waals surface area contributed by atoms with E-state index in [1.165, 1.54) is 6.20 Å². The van der Waals surface area contributed by atoms with E-state index in [2.05, 4.69) is 15.5 Å². The van der Waals surface area contributed by atoms with Crippen molar-refractivity contribution in [3.05, 3.63) is 63.5 Å². The molecule has 0 unspecified atom stereocenters. The molecule has 3 rings (SSSR count). The highest BCUT2D eigenvalue weighted by Crippen LogP contribution is 2.16. The Balaban J connectivity index is 1.67. The van der Waals surface area contributed by atoms with Crippen LogP contribution in [0.3, 0.4) is 0 Å². The summed E-state index contributed by atoms with van der Waals surface area (Å²) in [6, 6.07) is 9.43. The second kappa shape index (κ2) is 7.29.